The van der Waals surface area contributed by atoms with Crippen molar-refractivity contribution in [3.63, 3.8) is 0 Å². The minimum atomic E-state index is 0.161. The van der Waals surface area contributed by atoms with Crippen LogP contribution in [0.5, 0.6) is 0 Å². The molecule has 0 radical (unpaired) electrons. The third kappa shape index (κ3) is 2.87. The second-order valence-electron chi connectivity index (χ2n) is 5.61. The lowest BCUT2D eigenvalue weighted by molar-refractivity contribution is 0.194. The standard InChI is InChI=1S/C17H22N2O2/c1-21-10-4-8-18-12-15-11-14-6-2-5-13-7-3-9-19(16(13)14)17(15)20/h2,5-6,11,18H,3-4,7-10,12H2,1H3. The lowest BCUT2D eigenvalue weighted by atomic mass is 10.00. The molecule has 0 amide bonds. The molecule has 112 valence electrons. The van der Waals surface area contributed by atoms with Gasteiger partial charge in [-0.1, -0.05) is 18.2 Å². The second-order valence-corrected chi connectivity index (χ2v) is 5.61. The number of nitrogens with one attached hydrogen (secondary N) is 1. The van der Waals surface area contributed by atoms with Crippen LogP contribution in [-0.2, 0) is 24.2 Å². The summed E-state index contributed by atoms with van der Waals surface area (Å²) in [5.74, 6) is 0. The fourth-order valence-corrected chi connectivity index (χ4v) is 3.12. The highest BCUT2D eigenvalue weighted by atomic mass is 16.5. The third-order valence-corrected chi connectivity index (χ3v) is 4.12. The van der Waals surface area contributed by atoms with E-state index in [1.54, 1.807) is 7.11 Å². The first-order valence-corrected chi connectivity index (χ1v) is 7.65. The van der Waals surface area contributed by atoms with E-state index in [1.165, 1.54) is 10.9 Å². The zero-order valence-electron chi connectivity index (χ0n) is 12.5. The molecular formula is C17H22N2O2. The summed E-state index contributed by atoms with van der Waals surface area (Å²) in [4.78, 5) is 12.6. The Bertz CT molecular complexity index is 691. The van der Waals surface area contributed by atoms with Gasteiger partial charge in [-0.25, -0.2) is 0 Å². The van der Waals surface area contributed by atoms with Gasteiger partial charge in [0.25, 0.3) is 5.56 Å². The molecule has 0 bridgehead atoms. The van der Waals surface area contributed by atoms with Gasteiger partial charge in [0.05, 0.1) is 5.52 Å². The van der Waals surface area contributed by atoms with E-state index in [0.29, 0.717) is 6.54 Å². The maximum Gasteiger partial charge on any atom is 0.255 e. The number of rotatable bonds is 6. The largest absolute Gasteiger partial charge is 0.385 e. The second kappa shape index (κ2) is 6.41. The molecule has 21 heavy (non-hydrogen) atoms. The zero-order chi connectivity index (χ0) is 14.7. The van der Waals surface area contributed by atoms with Crippen LogP contribution in [0.15, 0.2) is 29.1 Å². The van der Waals surface area contributed by atoms with Gasteiger partial charge in [-0.05, 0) is 42.8 Å². The SMILES string of the molecule is COCCCNCc1cc2cccc3c2n(c1=O)CCC3. The number of benzene rings is 1. The highest BCUT2D eigenvalue weighted by Crippen LogP contribution is 2.23. The maximum atomic E-state index is 12.6. The fraction of sp³-hybridized carbons (Fsp3) is 0.471. The first kappa shape index (κ1) is 14.3. The normalized spacial score (nSPS) is 13.8. The van der Waals surface area contributed by atoms with Gasteiger partial charge in [-0.15, -0.1) is 0 Å². The highest BCUT2D eigenvalue weighted by molar-refractivity contribution is 5.83. The summed E-state index contributed by atoms with van der Waals surface area (Å²) in [6.07, 6.45) is 3.09. The molecule has 4 heteroatoms. The van der Waals surface area contributed by atoms with Gasteiger partial charge < -0.3 is 14.6 Å². The molecular weight excluding hydrogens is 264 g/mol. The van der Waals surface area contributed by atoms with E-state index in [1.807, 2.05) is 10.6 Å². The molecule has 3 rings (SSSR count). The lowest BCUT2D eigenvalue weighted by Gasteiger charge is -2.20. The van der Waals surface area contributed by atoms with Crippen molar-refractivity contribution in [2.24, 2.45) is 0 Å². The summed E-state index contributed by atoms with van der Waals surface area (Å²) in [6, 6.07) is 8.38. The van der Waals surface area contributed by atoms with Crippen LogP contribution in [-0.4, -0.2) is 24.8 Å². The summed E-state index contributed by atoms with van der Waals surface area (Å²) in [5, 5.41) is 4.51. The van der Waals surface area contributed by atoms with Crippen LogP contribution < -0.4 is 10.9 Å². The number of hydrogen-bond donors (Lipinski definition) is 1. The molecule has 1 aromatic carbocycles. The monoisotopic (exact) mass is 286 g/mol. The number of ether oxygens (including phenoxy) is 1. The van der Waals surface area contributed by atoms with E-state index in [4.69, 9.17) is 4.74 Å². The molecule has 1 aliphatic rings. The number of methoxy groups -OCH3 is 1. The zero-order valence-corrected chi connectivity index (χ0v) is 12.5. The smallest absolute Gasteiger partial charge is 0.255 e. The van der Waals surface area contributed by atoms with Crippen molar-refractivity contribution in [3.05, 3.63) is 45.7 Å². The van der Waals surface area contributed by atoms with Crippen molar-refractivity contribution in [1.82, 2.24) is 9.88 Å². The summed E-state index contributed by atoms with van der Waals surface area (Å²) >= 11 is 0. The molecule has 0 aliphatic carbocycles. The van der Waals surface area contributed by atoms with Gasteiger partial charge in [0.15, 0.2) is 0 Å². The van der Waals surface area contributed by atoms with Crippen LogP contribution >= 0.6 is 0 Å². The Hall–Kier alpha value is -1.65. The lowest BCUT2D eigenvalue weighted by Crippen LogP contribution is -2.30. The van der Waals surface area contributed by atoms with E-state index in [0.717, 1.165) is 50.0 Å². The van der Waals surface area contributed by atoms with Gasteiger partial charge >= 0.3 is 0 Å². The van der Waals surface area contributed by atoms with Crippen LogP contribution in [0, 0.1) is 0 Å². The minimum Gasteiger partial charge on any atom is -0.385 e. The minimum absolute atomic E-state index is 0.161. The van der Waals surface area contributed by atoms with Crippen molar-refractivity contribution in [2.75, 3.05) is 20.3 Å². The Morgan fingerprint density at radius 3 is 3.14 bits per heavy atom. The molecule has 1 aromatic heterocycles. The highest BCUT2D eigenvalue weighted by Gasteiger charge is 2.15. The van der Waals surface area contributed by atoms with Crippen LogP contribution in [0.1, 0.15) is 24.0 Å². The van der Waals surface area contributed by atoms with E-state index < -0.39 is 0 Å². The quantitative estimate of drug-likeness (QED) is 0.827. The molecule has 0 saturated carbocycles. The van der Waals surface area contributed by atoms with Crippen LogP contribution in [0.4, 0.5) is 0 Å². The van der Waals surface area contributed by atoms with Gasteiger partial charge in [-0.2, -0.15) is 0 Å². The molecule has 1 N–H and O–H groups in total. The molecule has 2 heterocycles. The predicted octanol–water partition coefficient (Wildman–Crippen LogP) is 2.07. The van der Waals surface area contributed by atoms with Crippen LogP contribution in [0.25, 0.3) is 10.9 Å². The van der Waals surface area contributed by atoms with Crippen LogP contribution in [0.3, 0.4) is 0 Å². The fourth-order valence-electron chi connectivity index (χ4n) is 3.12. The number of aromatic nitrogens is 1. The molecule has 0 spiro atoms. The first-order chi connectivity index (χ1) is 10.3. The van der Waals surface area contributed by atoms with Crippen molar-refractivity contribution in [2.45, 2.75) is 32.4 Å². The average molecular weight is 286 g/mol. The van der Waals surface area contributed by atoms with Crippen molar-refractivity contribution in [1.29, 1.82) is 0 Å². The van der Waals surface area contributed by atoms with E-state index in [-0.39, 0.29) is 5.56 Å². The predicted molar refractivity (Wildman–Crippen MR) is 84.7 cm³/mol. The van der Waals surface area contributed by atoms with E-state index in [2.05, 4.69) is 23.5 Å². The molecule has 1 aliphatic heterocycles. The number of aryl methyl sites for hydroxylation is 2. The maximum absolute atomic E-state index is 12.6. The van der Waals surface area contributed by atoms with Crippen LogP contribution in [0.2, 0.25) is 0 Å². The summed E-state index contributed by atoms with van der Waals surface area (Å²) in [6.45, 7) is 3.08. The molecule has 0 saturated heterocycles. The molecule has 4 nitrogen and oxygen atoms in total. The van der Waals surface area contributed by atoms with Gasteiger partial charge in [0, 0.05) is 32.4 Å². The molecule has 0 fully saturated rings. The number of para-hydroxylation sites is 1. The van der Waals surface area contributed by atoms with Crippen molar-refractivity contribution in [3.8, 4) is 0 Å². The average Bonchev–Trinajstić information content (AvgIpc) is 2.51. The van der Waals surface area contributed by atoms with Gasteiger partial charge in [0.1, 0.15) is 0 Å². The number of nitrogens with zero attached hydrogens (tertiary/aromatic N) is 1. The first-order valence-electron chi connectivity index (χ1n) is 7.65. The molecule has 0 atom stereocenters. The van der Waals surface area contributed by atoms with E-state index >= 15 is 0 Å². The topological polar surface area (TPSA) is 43.3 Å². The number of hydrogen-bond acceptors (Lipinski definition) is 3. The Kier molecular flexibility index (Phi) is 4.36. The van der Waals surface area contributed by atoms with Gasteiger partial charge in [0.2, 0.25) is 0 Å². The Balaban J connectivity index is 1.87. The summed E-state index contributed by atoms with van der Waals surface area (Å²) in [7, 11) is 1.71. The number of pyridine rings is 1. The molecule has 0 unspecified atom stereocenters. The van der Waals surface area contributed by atoms with E-state index in [9.17, 15) is 4.79 Å². The summed E-state index contributed by atoms with van der Waals surface area (Å²) < 4.78 is 6.99. The van der Waals surface area contributed by atoms with Gasteiger partial charge in [-0.3, -0.25) is 4.79 Å². The Labute approximate surface area is 124 Å². The Morgan fingerprint density at radius 2 is 2.29 bits per heavy atom. The van der Waals surface area contributed by atoms with Crippen molar-refractivity contribution < 1.29 is 4.74 Å². The summed E-state index contributed by atoms with van der Waals surface area (Å²) in [5.41, 5.74) is 3.46. The van der Waals surface area contributed by atoms with Crippen molar-refractivity contribution >= 4 is 10.9 Å². The third-order valence-electron chi connectivity index (χ3n) is 4.12. The molecule has 2 aromatic rings. The Morgan fingerprint density at radius 1 is 1.38 bits per heavy atom.